The number of aliphatic hydroxyl groups excluding tert-OH is 1. The summed E-state index contributed by atoms with van der Waals surface area (Å²) in [6.07, 6.45) is 0.798. The van der Waals surface area contributed by atoms with Crippen LogP contribution >= 0.6 is 11.6 Å². The summed E-state index contributed by atoms with van der Waals surface area (Å²) in [4.78, 5) is 28.7. The van der Waals surface area contributed by atoms with E-state index in [-0.39, 0.29) is 12.1 Å². The van der Waals surface area contributed by atoms with Gasteiger partial charge >= 0.3 is 0 Å². The molecule has 0 radical (unpaired) electrons. The maximum atomic E-state index is 12.9. The lowest BCUT2D eigenvalue weighted by molar-refractivity contribution is 0.191. The molecule has 0 unspecified atom stereocenters. The van der Waals surface area contributed by atoms with E-state index in [1.54, 1.807) is 30.5 Å². The van der Waals surface area contributed by atoms with Crippen molar-refractivity contribution in [3.8, 4) is 11.4 Å². The van der Waals surface area contributed by atoms with Gasteiger partial charge in [-0.3, -0.25) is 4.79 Å². The predicted octanol–water partition coefficient (Wildman–Crippen LogP) is 4.17. The largest absolute Gasteiger partial charge is 0.387 e. The number of halogens is 1. The highest BCUT2D eigenvalue weighted by Gasteiger charge is 2.20. The predicted molar refractivity (Wildman–Crippen MR) is 146 cm³/mol. The summed E-state index contributed by atoms with van der Waals surface area (Å²) in [7, 11) is 0. The summed E-state index contributed by atoms with van der Waals surface area (Å²) in [5, 5.41) is 14.4. The Labute approximate surface area is 214 Å². The molecule has 0 spiro atoms. The van der Waals surface area contributed by atoms with E-state index in [1.807, 2.05) is 6.07 Å². The summed E-state index contributed by atoms with van der Waals surface area (Å²) in [6, 6.07) is 13.2. The second kappa shape index (κ2) is 10.3. The number of imidazole rings is 1. The SMILES string of the molecule is CCN1CCN(c2cc(C)c3nc(-c4c(NC[C@H](O)c5cccc(Cl)c5)cc[nH]c4=O)[nH]c3c2)CC1. The first-order valence-electron chi connectivity index (χ1n) is 12.3. The van der Waals surface area contributed by atoms with Crippen LogP contribution in [-0.2, 0) is 0 Å². The molecule has 0 bridgehead atoms. The smallest absolute Gasteiger partial charge is 0.261 e. The molecule has 0 aliphatic carbocycles. The third-order valence-corrected chi connectivity index (χ3v) is 7.10. The quantitative estimate of drug-likeness (QED) is 0.300. The van der Waals surface area contributed by atoms with Gasteiger partial charge in [0.05, 0.1) is 22.8 Å². The number of piperazine rings is 1. The van der Waals surface area contributed by atoms with Gasteiger partial charge in [-0.2, -0.15) is 0 Å². The van der Waals surface area contributed by atoms with Crippen molar-refractivity contribution >= 4 is 34.0 Å². The van der Waals surface area contributed by atoms with Crippen molar-refractivity contribution in [2.45, 2.75) is 20.0 Å². The van der Waals surface area contributed by atoms with Crippen LogP contribution in [0.2, 0.25) is 5.02 Å². The Morgan fingerprint density at radius 1 is 1.17 bits per heavy atom. The summed E-state index contributed by atoms with van der Waals surface area (Å²) in [6.45, 7) is 9.62. The third kappa shape index (κ3) is 4.97. The molecule has 4 aromatic rings. The zero-order valence-electron chi connectivity index (χ0n) is 20.5. The fourth-order valence-electron chi connectivity index (χ4n) is 4.79. The first kappa shape index (κ1) is 24.4. The third-order valence-electron chi connectivity index (χ3n) is 6.86. The van der Waals surface area contributed by atoms with Gasteiger partial charge in [0.25, 0.3) is 5.56 Å². The monoisotopic (exact) mass is 506 g/mol. The highest BCUT2D eigenvalue weighted by molar-refractivity contribution is 6.30. The van der Waals surface area contributed by atoms with Crippen molar-refractivity contribution < 1.29 is 5.11 Å². The molecule has 9 heteroatoms. The van der Waals surface area contributed by atoms with Gasteiger partial charge in [-0.1, -0.05) is 30.7 Å². The second-order valence-corrected chi connectivity index (χ2v) is 9.65. The number of anilines is 2. The normalized spacial score (nSPS) is 15.4. The van der Waals surface area contributed by atoms with Crippen LogP contribution < -0.4 is 15.8 Å². The minimum Gasteiger partial charge on any atom is -0.387 e. The number of benzene rings is 2. The van der Waals surface area contributed by atoms with E-state index in [2.05, 4.69) is 51.1 Å². The van der Waals surface area contributed by atoms with Crippen molar-refractivity contribution in [2.75, 3.05) is 49.5 Å². The maximum absolute atomic E-state index is 12.9. The Morgan fingerprint density at radius 3 is 2.72 bits per heavy atom. The summed E-state index contributed by atoms with van der Waals surface area (Å²) >= 11 is 6.06. The lowest BCUT2D eigenvalue weighted by Gasteiger charge is -2.35. The van der Waals surface area contributed by atoms with Gasteiger partial charge in [-0.15, -0.1) is 0 Å². The molecule has 1 saturated heterocycles. The number of nitrogens with one attached hydrogen (secondary N) is 3. The minimum absolute atomic E-state index is 0.212. The van der Waals surface area contributed by atoms with E-state index in [1.165, 1.54) is 0 Å². The van der Waals surface area contributed by atoms with Crippen LogP contribution in [0.4, 0.5) is 11.4 Å². The second-order valence-electron chi connectivity index (χ2n) is 9.21. The van der Waals surface area contributed by atoms with E-state index in [4.69, 9.17) is 16.6 Å². The average Bonchev–Trinajstić information content (AvgIpc) is 3.31. The number of fused-ring (bicyclic) bond motifs is 1. The number of aromatic amines is 2. The van der Waals surface area contributed by atoms with Gasteiger partial charge in [0.2, 0.25) is 0 Å². The number of H-pyrrole nitrogens is 2. The number of nitrogens with zero attached hydrogens (tertiary/aromatic N) is 3. The van der Waals surface area contributed by atoms with E-state index in [0.29, 0.717) is 27.7 Å². The van der Waals surface area contributed by atoms with Crippen LogP contribution in [-0.4, -0.2) is 64.2 Å². The fraction of sp³-hybridized carbons (Fsp3) is 0.333. The molecule has 8 nitrogen and oxygen atoms in total. The maximum Gasteiger partial charge on any atom is 0.261 e. The van der Waals surface area contributed by atoms with Crippen LogP contribution in [0.1, 0.15) is 24.2 Å². The van der Waals surface area contributed by atoms with Gasteiger partial charge in [-0.05, 0) is 54.9 Å². The highest BCUT2D eigenvalue weighted by Crippen LogP contribution is 2.30. The number of hydrogen-bond donors (Lipinski definition) is 4. The Kier molecular flexibility index (Phi) is 7.00. The van der Waals surface area contributed by atoms with Gasteiger partial charge in [0.15, 0.2) is 0 Å². The molecular weight excluding hydrogens is 476 g/mol. The Balaban J connectivity index is 1.42. The highest BCUT2D eigenvalue weighted by atomic mass is 35.5. The minimum atomic E-state index is -0.788. The molecule has 0 saturated carbocycles. The zero-order valence-corrected chi connectivity index (χ0v) is 21.3. The number of rotatable bonds is 7. The van der Waals surface area contributed by atoms with E-state index in [9.17, 15) is 9.90 Å². The number of likely N-dealkylation sites (N-methyl/N-ethyl adjacent to an activating group) is 1. The van der Waals surface area contributed by atoms with Gasteiger partial charge < -0.3 is 30.2 Å². The lowest BCUT2D eigenvalue weighted by atomic mass is 10.1. The molecule has 1 fully saturated rings. The molecule has 2 aromatic heterocycles. The van der Waals surface area contributed by atoms with Crippen molar-refractivity contribution in [2.24, 2.45) is 0 Å². The first-order chi connectivity index (χ1) is 17.4. The van der Waals surface area contributed by atoms with Crippen molar-refractivity contribution in [3.05, 3.63) is 75.2 Å². The van der Waals surface area contributed by atoms with E-state index >= 15 is 0 Å². The molecule has 2 aromatic carbocycles. The fourth-order valence-corrected chi connectivity index (χ4v) is 4.99. The van der Waals surface area contributed by atoms with Crippen LogP contribution in [0, 0.1) is 6.92 Å². The zero-order chi connectivity index (χ0) is 25.2. The molecule has 1 aliphatic heterocycles. The topological polar surface area (TPSA) is 100 Å². The van der Waals surface area contributed by atoms with Crippen LogP contribution in [0.25, 0.3) is 22.4 Å². The Bertz CT molecular complexity index is 1420. The molecule has 36 heavy (non-hydrogen) atoms. The van der Waals surface area contributed by atoms with E-state index in [0.717, 1.165) is 55.0 Å². The summed E-state index contributed by atoms with van der Waals surface area (Å²) < 4.78 is 0. The lowest BCUT2D eigenvalue weighted by Crippen LogP contribution is -2.46. The Hall–Kier alpha value is -3.33. The van der Waals surface area contributed by atoms with Crippen LogP contribution in [0.3, 0.4) is 0 Å². The molecular formula is C27H31ClN6O2. The number of aryl methyl sites for hydroxylation is 1. The van der Waals surface area contributed by atoms with Crippen molar-refractivity contribution in [1.82, 2.24) is 19.9 Å². The molecule has 0 amide bonds. The van der Waals surface area contributed by atoms with Crippen LogP contribution in [0.5, 0.6) is 0 Å². The average molecular weight is 507 g/mol. The summed E-state index contributed by atoms with van der Waals surface area (Å²) in [5.41, 5.74) is 5.40. The molecule has 4 N–H and O–H groups in total. The molecule has 188 valence electrons. The van der Waals surface area contributed by atoms with Crippen molar-refractivity contribution in [1.29, 1.82) is 0 Å². The number of aliphatic hydroxyl groups is 1. The van der Waals surface area contributed by atoms with Gasteiger partial charge in [-0.25, -0.2) is 4.98 Å². The number of hydrogen-bond acceptors (Lipinski definition) is 6. The number of pyridine rings is 1. The first-order valence-corrected chi connectivity index (χ1v) is 12.7. The number of aromatic nitrogens is 3. The molecule has 1 aliphatic rings. The molecule has 5 rings (SSSR count). The van der Waals surface area contributed by atoms with Gasteiger partial charge in [0.1, 0.15) is 11.4 Å². The van der Waals surface area contributed by atoms with Crippen LogP contribution in [0.15, 0.2) is 53.5 Å². The summed E-state index contributed by atoms with van der Waals surface area (Å²) in [5.74, 6) is 0.489. The Morgan fingerprint density at radius 2 is 1.97 bits per heavy atom. The standard InChI is InChI=1S/C27H31ClN6O2/c1-3-33-9-11-34(12-10-33)20-13-17(2)25-22(15-20)31-26(32-25)24-21(7-8-29-27(24)36)30-16-23(35)18-5-4-6-19(28)14-18/h4-8,13-15,23,35H,3,9-12,16H2,1-2H3,(H,31,32)(H2,29,30,36)/t23-/m0/s1. The van der Waals surface area contributed by atoms with Gasteiger partial charge in [0, 0.05) is 49.6 Å². The molecule has 3 heterocycles. The van der Waals surface area contributed by atoms with E-state index < -0.39 is 6.10 Å². The van der Waals surface area contributed by atoms with Crippen molar-refractivity contribution in [3.63, 3.8) is 0 Å². The molecule has 1 atom stereocenters.